The van der Waals surface area contributed by atoms with Gasteiger partial charge in [0.15, 0.2) is 0 Å². The van der Waals surface area contributed by atoms with E-state index in [4.69, 9.17) is 0 Å². The van der Waals surface area contributed by atoms with Crippen LogP contribution >= 0.6 is 0 Å². The summed E-state index contributed by atoms with van der Waals surface area (Å²) in [5, 5.41) is 20.3. The molecular formula is C20H11F3N6O. The number of benzene rings is 1. The number of pyridine rings is 2. The number of rotatable bonds is 2. The van der Waals surface area contributed by atoms with Crippen LogP contribution in [-0.2, 0) is 6.18 Å². The predicted molar refractivity (Wildman–Crippen MR) is 100 cm³/mol. The van der Waals surface area contributed by atoms with Gasteiger partial charge in [0.05, 0.1) is 35.7 Å². The number of amides is 2. The normalized spacial score (nSPS) is 16.6. The van der Waals surface area contributed by atoms with Crippen molar-refractivity contribution < 1.29 is 18.0 Å². The molecule has 0 unspecified atom stereocenters. The van der Waals surface area contributed by atoms with Gasteiger partial charge in [0, 0.05) is 23.2 Å². The van der Waals surface area contributed by atoms with E-state index in [0.717, 1.165) is 16.5 Å². The van der Waals surface area contributed by atoms with Crippen LogP contribution in [0.2, 0.25) is 0 Å². The molecule has 2 amide bonds. The first-order valence-corrected chi connectivity index (χ1v) is 8.65. The first-order valence-electron chi connectivity index (χ1n) is 8.65. The van der Waals surface area contributed by atoms with Gasteiger partial charge in [-0.15, -0.1) is 0 Å². The van der Waals surface area contributed by atoms with Crippen LogP contribution in [0.1, 0.15) is 11.3 Å². The molecule has 1 saturated heterocycles. The minimum absolute atomic E-state index is 0.203. The van der Waals surface area contributed by atoms with Gasteiger partial charge in [-0.3, -0.25) is 19.8 Å². The van der Waals surface area contributed by atoms with Crippen LogP contribution in [0.4, 0.5) is 29.3 Å². The maximum absolute atomic E-state index is 13.2. The molecule has 0 radical (unpaired) electrons. The Morgan fingerprint density at radius 3 is 2.57 bits per heavy atom. The Morgan fingerprint density at radius 1 is 1.10 bits per heavy atom. The Bertz CT molecular complexity index is 1240. The van der Waals surface area contributed by atoms with Crippen molar-refractivity contribution in [2.45, 2.75) is 12.2 Å². The molecule has 3 heterocycles. The van der Waals surface area contributed by atoms with Crippen molar-refractivity contribution in [3.05, 3.63) is 60.2 Å². The molecule has 1 aliphatic rings. The summed E-state index contributed by atoms with van der Waals surface area (Å²) in [5.74, 6) is 0. The third-order valence-electron chi connectivity index (χ3n) is 4.74. The summed E-state index contributed by atoms with van der Waals surface area (Å²) in [7, 11) is 0. The molecule has 1 aliphatic heterocycles. The molecule has 148 valence electrons. The van der Waals surface area contributed by atoms with Crippen LogP contribution in [0.25, 0.3) is 10.8 Å². The summed E-state index contributed by atoms with van der Waals surface area (Å²) in [6.07, 6.45) is -0.952. The van der Waals surface area contributed by atoms with Gasteiger partial charge < -0.3 is 0 Å². The summed E-state index contributed by atoms with van der Waals surface area (Å²) in [6.45, 7) is -0.214. The van der Waals surface area contributed by atoms with Crippen LogP contribution in [-0.4, -0.2) is 28.6 Å². The highest BCUT2D eigenvalue weighted by molar-refractivity contribution is 6.12. The number of hydrogen-bond donors (Lipinski definition) is 0. The van der Waals surface area contributed by atoms with Gasteiger partial charge in [0.2, 0.25) is 0 Å². The molecule has 1 fully saturated rings. The van der Waals surface area contributed by atoms with E-state index in [1.54, 1.807) is 36.5 Å². The first kappa shape index (κ1) is 19.2. The van der Waals surface area contributed by atoms with Crippen LogP contribution < -0.4 is 9.80 Å². The highest BCUT2D eigenvalue weighted by Crippen LogP contribution is 2.36. The number of hydrogen-bond acceptors (Lipinski definition) is 5. The Balaban J connectivity index is 1.84. The zero-order valence-electron chi connectivity index (χ0n) is 15.1. The van der Waals surface area contributed by atoms with Gasteiger partial charge >= 0.3 is 12.2 Å². The van der Waals surface area contributed by atoms with E-state index in [-0.39, 0.29) is 17.8 Å². The van der Waals surface area contributed by atoms with E-state index in [2.05, 4.69) is 9.97 Å². The smallest absolute Gasteiger partial charge is 0.289 e. The minimum Gasteiger partial charge on any atom is -0.289 e. The minimum atomic E-state index is -4.75. The fraction of sp³-hybridized carbons (Fsp3) is 0.150. The van der Waals surface area contributed by atoms with Gasteiger partial charge in [-0.1, -0.05) is 24.3 Å². The molecule has 0 saturated carbocycles. The second-order valence-corrected chi connectivity index (χ2v) is 6.48. The summed E-state index contributed by atoms with van der Waals surface area (Å²) < 4.78 is 39.4. The molecule has 10 heteroatoms. The number of nitriles is 2. The van der Waals surface area contributed by atoms with Crippen molar-refractivity contribution in [3.63, 3.8) is 0 Å². The highest BCUT2D eigenvalue weighted by Gasteiger charge is 2.42. The fourth-order valence-corrected chi connectivity index (χ4v) is 3.37. The standard InChI is InChI=1S/C20H11F3N6O/c21-20(22,23)18-5-16(13(6-24)9-27-18)28-11-14(7-25)29(19(28)30)17-10-26-8-12-3-1-2-4-15(12)17/h1-5,8-10,14H,11H2/t14-/m1/s1. The maximum atomic E-state index is 13.2. The summed E-state index contributed by atoms with van der Waals surface area (Å²) in [6, 6.07) is 9.79. The number of urea groups is 1. The third kappa shape index (κ3) is 3.05. The van der Waals surface area contributed by atoms with E-state index < -0.39 is 23.9 Å². The lowest BCUT2D eigenvalue weighted by Crippen LogP contribution is -2.35. The molecular weight excluding hydrogens is 397 g/mol. The monoisotopic (exact) mass is 408 g/mol. The molecule has 7 nitrogen and oxygen atoms in total. The largest absolute Gasteiger partial charge is 0.433 e. The molecule has 30 heavy (non-hydrogen) atoms. The average molecular weight is 408 g/mol. The number of alkyl halides is 3. The summed E-state index contributed by atoms with van der Waals surface area (Å²) in [4.78, 5) is 22.8. The van der Waals surface area contributed by atoms with Gasteiger partial charge in [0.25, 0.3) is 0 Å². The molecule has 1 aromatic carbocycles. The number of carbonyl (C=O) groups excluding carboxylic acids is 1. The van der Waals surface area contributed by atoms with Crippen LogP contribution in [0.5, 0.6) is 0 Å². The number of nitrogens with zero attached hydrogens (tertiary/aromatic N) is 6. The van der Waals surface area contributed by atoms with Crippen molar-refractivity contribution in [2.24, 2.45) is 0 Å². The molecule has 0 N–H and O–H groups in total. The Morgan fingerprint density at radius 2 is 1.87 bits per heavy atom. The van der Waals surface area contributed by atoms with Crippen LogP contribution in [0.15, 0.2) is 48.9 Å². The van der Waals surface area contributed by atoms with E-state index in [1.165, 1.54) is 11.1 Å². The lowest BCUT2D eigenvalue weighted by molar-refractivity contribution is -0.141. The number of halogens is 3. The lowest BCUT2D eigenvalue weighted by Gasteiger charge is -2.21. The molecule has 4 rings (SSSR count). The first-order chi connectivity index (χ1) is 14.3. The molecule has 0 bridgehead atoms. The van der Waals surface area contributed by atoms with E-state index in [1.807, 2.05) is 6.07 Å². The van der Waals surface area contributed by atoms with Crippen molar-refractivity contribution in [1.82, 2.24) is 9.97 Å². The lowest BCUT2D eigenvalue weighted by atomic mass is 10.1. The van der Waals surface area contributed by atoms with Crippen LogP contribution in [0, 0.1) is 22.7 Å². The zero-order chi connectivity index (χ0) is 21.5. The summed E-state index contributed by atoms with van der Waals surface area (Å²) in [5.41, 5.74) is -1.33. The molecule has 2 aromatic heterocycles. The number of carbonyl (C=O) groups is 1. The highest BCUT2D eigenvalue weighted by atomic mass is 19.4. The second-order valence-electron chi connectivity index (χ2n) is 6.48. The van der Waals surface area contributed by atoms with E-state index >= 15 is 0 Å². The Labute approximate surface area is 168 Å². The third-order valence-corrected chi connectivity index (χ3v) is 4.74. The van der Waals surface area contributed by atoms with Gasteiger partial charge in [-0.25, -0.2) is 4.79 Å². The average Bonchev–Trinajstić information content (AvgIpc) is 3.08. The maximum Gasteiger partial charge on any atom is 0.433 e. The molecule has 3 aromatic rings. The van der Waals surface area contributed by atoms with Gasteiger partial charge in [-0.05, 0) is 6.07 Å². The topological polar surface area (TPSA) is 96.9 Å². The number of fused-ring (bicyclic) bond motifs is 1. The predicted octanol–water partition coefficient (Wildman–Crippen LogP) is 3.86. The van der Waals surface area contributed by atoms with Crippen molar-refractivity contribution in [1.29, 1.82) is 10.5 Å². The van der Waals surface area contributed by atoms with Crippen molar-refractivity contribution in [2.75, 3.05) is 16.3 Å². The summed E-state index contributed by atoms with van der Waals surface area (Å²) >= 11 is 0. The zero-order valence-corrected chi connectivity index (χ0v) is 15.1. The van der Waals surface area contributed by atoms with Gasteiger partial charge in [-0.2, -0.15) is 23.7 Å². The SMILES string of the molecule is N#Cc1cnc(C(F)(F)F)cc1N1C[C@@H](C#N)N(c2cncc3ccccc23)C1=O. The van der Waals surface area contributed by atoms with E-state index in [0.29, 0.717) is 17.1 Å². The quantitative estimate of drug-likeness (QED) is 0.642. The number of anilines is 2. The molecule has 0 spiro atoms. The fourth-order valence-electron chi connectivity index (χ4n) is 3.37. The van der Waals surface area contributed by atoms with Gasteiger partial charge in [0.1, 0.15) is 17.8 Å². The Hall–Kier alpha value is -4.18. The van der Waals surface area contributed by atoms with Crippen molar-refractivity contribution in [3.8, 4) is 12.1 Å². The van der Waals surface area contributed by atoms with Crippen LogP contribution in [0.3, 0.4) is 0 Å². The molecule has 0 aliphatic carbocycles. The van der Waals surface area contributed by atoms with Crippen molar-refractivity contribution >= 4 is 28.2 Å². The molecule has 1 atom stereocenters. The van der Waals surface area contributed by atoms with E-state index in [9.17, 15) is 28.5 Å². The Kier molecular flexibility index (Phi) is 4.47. The number of aromatic nitrogens is 2. The second kappa shape index (κ2) is 7.01.